The Balaban J connectivity index is 2.35. The molecule has 1 aromatic rings. The van der Waals surface area contributed by atoms with Gasteiger partial charge >= 0.3 is 0 Å². The summed E-state index contributed by atoms with van der Waals surface area (Å²) >= 11 is 1.53. The molecule has 0 saturated carbocycles. The summed E-state index contributed by atoms with van der Waals surface area (Å²) in [5, 5.41) is -0.797. The lowest BCUT2D eigenvalue weighted by Gasteiger charge is -2.34. The number of rotatable bonds is 2. The molecule has 1 aromatic heterocycles. The first-order chi connectivity index (χ1) is 9.30. The van der Waals surface area contributed by atoms with Crippen molar-refractivity contribution in [1.29, 1.82) is 0 Å². The summed E-state index contributed by atoms with van der Waals surface area (Å²) in [7, 11) is -3.33. The van der Waals surface area contributed by atoms with Gasteiger partial charge in [0.1, 0.15) is 5.37 Å². The van der Waals surface area contributed by atoms with Crippen molar-refractivity contribution in [2.45, 2.75) is 12.3 Å². The average molecular weight is 315 g/mol. The van der Waals surface area contributed by atoms with Crippen LogP contribution in [0.25, 0.3) is 0 Å². The molecule has 2 heterocycles. The first-order valence-corrected chi connectivity index (χ1v) is 9.21. The van der Waals surface area contributed by atoms with Gasteiger partial charge in [0.2, 0.25) is 0 Å². The van der Waals surface area contributed by atoms with Crippen LogP contribution in [0.3, 0.4) is 0 Å². The molecule has 0 radical (unpaired) electrons. The molecule has 0 spiro atoms. The maximum absolute atomic E-state index is 12.5. The van der Waals surface area contributed by atoms with Gasteiger partial charge in [-0.25, -0.2) is 8.42 Å². The quantitative estimate of drug-likeness (QED) is 0.856. The molecule has 0 aromatic carbocycles. The lowest BCUT2D eigenvalue weighted by atomic mass is 10.2. The van der Waals surface area contributed by atoms with Crippen LogP contribution >= 0.6 is 11.8 Å². The predicted octanol–water partition coefficient (Wildman–Crippen LogP) is 0.532. The summed E-state index contributed by atoms with van der Waals surface area (Å²) in [6.45, 7) is 2.18. The molecule has 2 N–H and O–H groups in total. The summed E-state index contributed by atoms with van der Waals surface area (Å²) in [6, 6.07) is 1.61. The highest BCUT2D eigenvalue weighted by Gasteiger charge is 2.35. The fourth-order valence-corrected chi connectivity index (χ4v) is 4.90. The van der Waals surface area contributed by atoms with Crippen molar-refractivity contribution in [3.8, 4) is 0 Å². The van der Waals surface area contributed by atoms with E-state index in [9.17, 15) is 13.2 Å². The zero-order valence-electron chi connectivity index (χ0n) is 11.4. The van der Waals surface area contributed by atoms with Crippen LogP contribution in [0.4, 0.5) is 5.69 Å². The third-order valence-electron chi connectivity index (χ3n) is 3.14. The number of carbonyl (C=O) groups excluding carboxylic acids is 1. The molecule has 2 rings (SSSR count). The van der Waals surface area contributed by atoms with E-state index in [1.165, 1.54) is 22.9 Å². The van der Waals surface area contributed by atoms with Gasteiger partial charge in [-0.3, -0.25) is 9.78 Å². The average Bonchev–Trinajstić information content (AvgIpc) is 2.37. The van der Waals surface area contributed by atoms with Crippen LogP contribution in [-0.4, -0.2) is 53.9 Å². The van der Waals surface area contributed by atoms with E-state index >= 15 is 0 Å². The molecule has 1 aliphatic heterocycles. The van der Waals surface area contributed by atoms with Gasteiger partial charge in [0.15, 0.2) is 9.84 Å². The van der Waals surface area contributed by atoms with Gasteiger partial charge in [-0.2, -0.15) is 11.8 Å². The highest BCUT2D eigenvalue weighted by Crippen LogP contribution is 2.24. The molecule has 6 nitrogen and oxygen atoms in total. The minimum Gasteiger partial charge on any atom is -0.398 e. The van der Waals surface area contributed by atoms with Gasteiger partial charge < -0.3 is 10.6 Å². The van der Waals surface area contributed by atoms with Gasteiger partial charge in [-0.15, -0.1) is 0 Å². The zero-order valence-corrected chi connectivity index (χ0v) is 13.0. The first kappa shape index (κ1) is 15.1. The summed E-state index contributed by atoms with van der Waals surface area (Å²) in [5.74, 6) is 0.742. The number of thioether (sulfide) groups is 1. The van der Waals surface area contributed by atoms with Gasteiger partial charge in [0.25, 0.3) is 5.91 Å². The highest BCUT2D eigenvalue weighted by atomic mass is 32.2. The number of aromatic nitrogens is 1. The summed E-state index contributed by atoms with van der Waals surface area (Å²) < 4.78 is 23.6. The number of aryl methyl sites for hydroxylation is 1. The van der Waals surface area contributed by atoms with E-state index < -0.39 is 15.2 Å². The zero-order chi connectivity index (χ0) is 14.9. The third kappa shape index (κ3) is 3.06. The van der Waals surface area contributed by atoms with Crippen LogP contribution in [0.2, 0.25) is 0 Å². The number of carbonyl (C=O) groups is 1. The number of nitrogens with two attached hydrogens (primary N) is 1. The number of hydrogen-bond donors (Lipinski definition) is 1. The number of hydrogen-bond acceptors (Lipinski definition) is 6. The Morgan fingerprint density at radius 1 is 1.55 bits per heavy atom. The molecule has 1 saturated heterocycles. The molecule has 1 aliphatic rings. The van der Waals surface area contributed by atoms with Crippen LogP contribution in [-0.2, 0) is 9.84 Å². The number of pyridine rings is 1. The molecule has 1 unspecified atom stereocenters. The molecule has 0 aliphatic carbocycles. The van der Waals surface area contributed by atoms with Crippen molar-refractivity contribution in [2.24, 2.45) is 0 Å². The molecule has 0 bridgehead atoms. The number of nitrogens with zero attached hydrogens (tertiary/aromatic N) is 2. The Hall–Kier alpha value is -1.28. The van der Waals surface area contributed by atoms with E-state index in [2.05, 4.69) is 4.98 Å². The van der Waals surface area contributed by atoms with Crippen molar-refractivity contribution in [3.05, 3.63) is 23.5 Å². The van der Waals surface area contributed by atoms with E-state index in [-0.39, 0.29) is 11.5 Å². The molecule has 8 heteroatoms. The SMILES string of the molecule is Cc1cc(N)c(C(=O)N2CCSCC2S(C)(=O)=O)cn1. The minimum absolute atomic E-state index is 0.260. The van der Waals surface area contributed by atoms with Gasteiger partial charge in [-0.05, 0) is 13.0 Å². The van der Waals surface area contributed by atoms with Gasteiger partial charge in [0, 0.05) is 41.9 Å². The summed E-state index contributed by atoms with van der Waals surface area (Å²) in [6.07, 6.45) is 2.56. The molecule has 1 amide bonds. The Morgan fingerprint density at radius 3 is 2.85 bits per heavy atom. The van der Waals surface area contributed by atoms with Crippen LogP contribution in [0.1, 0.15) is 16.1 Å². The molecular weight excluding hydrogens is 298 g/mol. The van der Waals surface area contributed by atoms with Crippen LogP contribution in [0.5, 0.6) is 0 Å². The fraction of sp³-hybridized carbons (Fsp3) is 0.500. The van der Waals surface area contributed by atoms with Crippen molar-refractivity contribution in [2.75, 3.05) is 30.0 Å². The lowest BCUT2D eigenvalue weighted by molar-refractivity contribution is 0.0750. The van der Waals surface area contributed by atoms with Crippen molar-refractivity contribution in [1.82, 2.24) is 9.88 Å². The van der Waals surface area contributed by atoms with Crippen LogP contribution < -0.4 is 5.73 Å². The normalized spacial score (nSPS) is 19.9. The van der Waals surface area contributed by atoms with Crippen LogP contribution in [0.15, 0.2) is 12.3 Å². The van der Waals surface area contributed by atoms with E-state index in [4.69, 9.17) is 5.73 Å². The Kier molecular flexibility index (Phi) is 4.24. The largest absolute Gasteiger partial charge is 0.398 e. The maximum Gasteiger partial charge on any atom is 0.258 e. The second-order valence-corrected chi connectivity index (χ2v) is 8.12. The molecule has 110 valence electrons. The second kappa shape index (κ2) is 5.61. The number of anilines is 1. The third-order valence-corrected chi connectivity index (χ3v) is 5.79. The maximum atomic E-state index is 12.5. The molecular formula is C12H17N3O3S2. The van der Waals surface area contributed by atoms with Crippen molar-refractivity contribution < 1.29 is 13.2 Å². The lowest BCUT2D eigenvalue weighted by Crippen LogP contribution is -2.50. The molecule has 20 heavy (non-hydrogen) atoms. The highest BCUT2D eigenvalue weighted by molar-refractivity contribution is 8.00. The first-order valence-electron chi connectivity index (χ1n) is 6.10. The van der Waals surface area contributed by atoms with E-state index in [0.29, 0.717) is 23.7 Å². The molecule has 1 atom stereocenters. The smallest absolute Gasteiger partial charge is 0.258 e. The minimum atomic E-state index is -3.33. The Bertz CT molecular complexity index is 631. The van der Waals surface area contributed by atoms with Gasteiger partial charge in [-0.1, -0.05) is 0 Å². The summed E-state index contributed by atoms with van der Waals surface area (Å²) in [4.78, 5) is 18.0. The fourth-order valence-electron chi connectivity index (χ4n) is 2.08. The second-order valence-electron chi connectivity index (χ2n) is 4.77. The van der Waals surface area contributed by atoms with E-state index in [1.807, 2.05) is 0 Å². The number of amides is 1. The summed E-state index contributed by atoms with van der Waals surface area (Å²) in [5.41, 5.74) is 7.14. The topological polar surface area (TPSA) is 93.4 Å². The van der Waals surface area contributed by atoms with E-state index in [1.54, 1.807) is 13.0 Å². The Morgan fingerprint density at radius 2 is 2.25 bits per heavy atom. The van der Waals surface area contributed by atoms with Crippen molar-refractivity contribution >= 4 is 33.2 Å². The van der Waals surface area contributed by atoms with Crippen molar-refractivity contribution in [3.63, 3.8) is 0 Å². The predicted molar refractivity (Wildman–Crippen MR) is 80.4 cm³/mol. The Labute approximate surface area is 122 Å². The van der Waals surface area contributed by atoms with E-state index in [0.717, 1.165) is 12.0 Å². The molecule has 1 fully saturated rings. The van der Waals surface area contributed by atoms with Gasteiger partial charge in [0.05, 0.1) is 5.56 Å². The number of nitrogen functional groups attached to an aromatic ring is 1. The van der Waals surface area contributed by atoms with Crippen LogP contribution in [0, 0.1) is 6.92 Å². The monoisotopic (exact) mass is 315 g/mol. The standard InChI is InChI=1S/C12H17N3O3S2/c1-8-5-10(13)9(6-14-8)12(16)15-3-4-19-7-11(15)20(2,17)18/h5-6,11H,3-4,7H2,1-2H3,(H2,13,14). The number of sulfone groups is 1.